The lowest BCUT2D eigenvalue weighted by molar-refractivity contribution is 0.720. The Balaban J connectivity index is 2.78. The van der Waals surface area contributed by atoms with Gasteiger partial charge in [0.1, 0.15) is 0 Å². The summed E-state index contributed by atoms with van der Waals surface area (Å²) in [6.07, 6.45) is 0. The second kappa shape index (κ2) is 3.86. The minimum Gasteiger partial charge on any atom is -0.125 e. The number of alkyl halides is 4. The molecule has 0 N–H and O–H groups in total. The first-order valence-electron chi connectivity index (χ1n) is 3.92. The Morgan fingerprint density at radius 2 is 1.50 bits per heavy atom. The van der Waals surface area contributed by atoms with Gasteiger partial charge in [0.2, 0.25) is 0 Å². The number of hydrogen-bond donors (Lipinski definition) is 0. The molecule has 0 bridgehead atoms. The molecule has 0 aromatic carbocycles. The molecule has 1 heterocycles. The topological polar surface area (TPSA) is 0 Å². The molecule has 0 radical (unpaired) electrons. The molecule has 1 saturated heterocycles. The van der Waals surface area contributed by atoms with Crippen molar-refractivity contribution in [2.75, 3.05) is 0 Å². The Morgan fingerprint density at radius 3 is 2.00 bits per heavy atom. The summed E-state index contributed by atoms with van der Waals surface area (Å²) >= 11 is 24.4. The molecule has 5 heteroatoms. The summed E-state index contributed by atoms with van der Waals surface area (Å²) in [5.74, 6) is 0. The lowest BCUT2D eigenvalue weighted by Gasteiger charge is -2.41. The second-order valence-electron chi connectivity index (χ2n) is 4.00. The van der Waals surface area contributed by atoms with E-state index in [1.165, 1.54) is 0 Å². The summed E-state index contributed by atoms with van der Waals surface area (Å²) in [6.45, 7) is 4.41. The van der Waals surface area contributed by atoms with Gasteiger partial charge in [-0.3, -0.25) is 0 Å². The van der Waals surface area contributed by atoms with Gasteiger partial charge in [0.05, 0.1) is 18.8 Å². The Morgan fingerprint density at radius 1 is 1.00 bits per heavy atom. The normalized spacial score (nSPS) is 47.5. The zero-order valence-corrected chi connectivity index (χ0v) is 11.1. The number of halogens is 4. The Hall–Kier alpha value is 1.38. The van der Waals surface area contributed by atoms with Crippen LogP contribution in [0.1, 0.15) is 0 Å². The van der Waals surface area contributed by atoms with Gasteiger partial charge < -0.3 is 0 Å². The fourth-order valence-electron chi connectivity index (χ4n) is 1.52. The van der Waals surface area contributed by atoms with E-state index in [1.54, 1.807) is 0 Å². The van der Waals surface area contributed by atoms with Crippen molar-refractivity contribution in [2.24, 2.45) is 0 Å². The van der Waals surface area contributed by atoms with Crippen LogP contribution in [0.3, 0.4) is 0 Å². The molecule has 1 rings (SSSR count). The molecule has 0 nitrogen and oxygen atoms in total. The molecule has 1 aliphatic heterocycles. The van der Waals surface area contributed by atoms with Crippen molar-refractivity contribution < 1.29 is 0 Å². The summed E-state index contributed by atoms with van der Waals surface area (Å²) < 4.78 is 0. The second-order valence-corrected chi connectivity index (χ2v) is 11.4. The molecule has 1 aliphatic rings. The van der Waals surface area contributed by atoms with Crippen LogP contribution in [0.5, 0.6) is 0 Å². The van der Waals surface area contributed by atoms with Crippen LogP contribution in [-0.4, -0.2) is 29.2 Å². The fourth-order valence-corrected chi connectivity index (χ4v) is 7.70. The predicted octanol–water partition coefficient (Wildman–Crippen LogP) is 3.68. The maximum Gasteiger partial charge on any atom is 0.0713 e. The van der Waals surface area contributed by atoms with Gasteiger partial charge in [0.15, 0.2) is 0 Å². The van der Waals surface area contributed by atoms with Crippen molar-refractivity contribution in [3.05, 3.63) is 0 Å². The van der Waals surface area contributed by atoms with Crippen molar-refractivity contribution in [2.45, 2.75) is 40.3 Å². The molecule has 0 saturated carbocycles. The van der Waals surface area contributed by atoms with Crippen molar-refractivity contribution in [1.82, 2.24) is 0 Å². The molecule has 0 aliphatic carbocycles. The Labute approximate surface area is 94.5 Å². The minimum absolute atomic E-state index is 0.00849. The molecule has 0 spiro atoms. The first kappa shape index (κ1) is 11.5. The summed E-state index contributed by atoms with van der Waals surface area (Å²) in [7, 11) is -1.44. The van der Waals surface area contributed by atoms with Crippen LogP contribution >= 0.6 is 46.4 Å². The predicted molar refractivity (Wildman–Crippen MR) is 60.9 cm³/mol. The number of rotatable bonds is 0. The largest absolute Gasteiger partial charge is 0.125 e. The molecule has 0 aromatic rings. The standard InChI is InChI=1S/C7H12Cl4Si/c1-12(2)3-4(8)5(9)6(10)7(12)11/h4-7H,3H2,1-2H3. The van der Waals surface area contributed by atoms with E-state index in [4.69, 9.17) is 46.4 Å². The van der Waals surface area contributed by atoms with E-state index >= 15 is 0 Å². The van der Waals surface area contributed by atoms with Crippen LogP contribution in [0.4, 0.5) is 0 Å². The maximum absolute atomic E-state index is 6.21. The third-order valence-corrected chi connectivity index (χ3v) is 10.2. The molecular formula is C7H12Cl4Si. The van der Waals surface area contributed by atoms with Crippen LogP contribution in [-0.2, 0) is 0 Å². The lowest BCUT2D eigenvalue weighted by Crippen LogP contribution is -2.55. The zero-order valence-electron chi connectivity index (χ0n) is 7.03. The van der Waals surface area contributed by atoms with E-state index in [-0.39, 0.29) is 21.1 Å². The highest BCUT2D eigenvalue weighted by Gasteiger charge is 2.47. The average Bonchev–Trinajstić information content (AvgIpc) is 1.97. The molecule has 0 amide bonds. The molecule has 0 aromatic heterocycles. The molecule has 1 fully saturated rings. The van der Waals surface area contributed by atoms with Crippen LogP contribution in [0.15, 0.2) is 0 Å². The zero-order chi connectivity index (χ0) is 9.52. The van der Waals surface area contributed by atoms with Crippen LogP contribution in [0.25, 0.3) is 0 Å². The van der Waals surface area contributed by atoms with Crippen molar-refractivity contribution in [1.29, 1.82) is 0 Å². The highest BCUT2D eigenvalue weighted by molar-refractivity contribution is 6.87. The van der Waals surface area contributed by atoms with Crippen LogP contribution in [0, 0.1) is 0 Å². The van der Waals surface area contributed by atoms with E-state index in [2.05, 4.69) is 13.1 Å². The van der Waals surface area contributed by atoms with Gasteiger partial charge in [0.25, 0.3) is 0 Å². The molecule has 4 atom stereocenters. The Kier molecular flexibility index (Phi) is 3.68. The van der Waals surface area contributed by atoms with Crippen LogP contribution in [0.2, 0.25) is 19.1 Å². The van der Waals surface area contributed by atoms with E-state index in [9.17, 15) is 0 Å². The highest BCUT2D eigenvalue weighted by Crippen LogP contribution is 2.39. The minimum atomic E-state index is -1.44. The average molecular weight is 266 g/mol. The summed E-state index contributed by atoms with van der Waals surface area (Å²) in [6, 6.07) is 0.958. The van der Waals surface area contributed by atoms with Crippen LogP contribution < -0.4 is 0 Å². The fraction of sp³-hybridized carbons (Fsp3) is 1.00. The van der Waals surface area contributed by atoms with Gasteiger partial charge in [0, 0.05) is 10.4 Å². The van der Waals surface area contributed by atoms with Gasteiger partial charge in [-0.25, -0.2) is 0 Å². The molecule has 4 unspecified atom stereocenters. The first-order valence-corrected chi connectivity index (χ1v) is 8.95. The van der Waals surface area contributed by atoms with Gasteiger partial charge in [-0.1, -0.05) is 13.1 Å². The smallest absolute Gasteiger partial charge is 0.0713 e. The van der Waals surface area contributed by atoms with Gasteiger partial charge >= 0.3 is 0 Å². The summed E-state index contributed by atoms with van der Waals surface area (Å²) in [5.41, 5.74) is 0. The van der Waals surface area contributed by atoms with E-state index in [1.807, 2.05) is 0 Å². The summed E-state index contributed by atoms with van der Waals surface area (Å²) in [5, 5.41) is -0.329. The molecule has 72 valence electrons. The van der Waals surface area contributed by atoms with E-state index in [0.29, 0.717) is 0 Å². The lowest BCUT2D eigenvalue weighted by atomic mass is 10.2. The van der Waals surface area contributed by atoms with Crippen molar-refractivity contribution >= 4 is 54.5 Å². The van der Waals surface area contributed by atoms with E-state index < -0.39 is 8.07 Å². The van der Waals surface area contributed by atoms with Gasteiger partial charge in [-0.05, 0) is 6.04 Å². The van der Waals surface area contributed by atoms with Gasteiger partial charge in [-0.2, -0.15) is 0 Å². The molecule has 12 heavy (non-hydrogen) atoms. The Bertz CT molecular complexity index is 173. The first-order chi connectivity index (χ1) is 5.36. The monoisotopic (exact) mass is 264 g/mol. The van der Waals surface area contributed by atoms with E-state index in [0.717, 1.165) is 6.04 Å². The summed E-state index contributed by atoms with van der Waals surface area (Å²) in [4.78, 5) is 0. The highest BCUT2D eigenvalue weighted by atomic mass is 35.5. The van der Waals surface area contributed by atoms with Gasteiger partial charge in [-0.15, -0.1) is 46.4 Å². The van der Waals surface area contributed by atoms with Crippen molar-refractivity contribution in [3.63, 3.8) is 0 Å². The maximum atomic E-state index is 6.21. The quantitative estimate of drug-likeness (QED) is 0.463. The number of hydrogen-bond acceptors (Lipinski definition) is 0. The SMILES string of the molecule is C[Si]1(C)CC(Cl)C(Cl)C(Cl)C1Cl. The van der Waals surface area contributed by atoms with Crippen molar-refractivity contribution in [3.8, 4) is 0 Å². The molecular weight excluding hydrogens is 254 g/mol. The third kappa shape index (κ3) is 2.06. The third-order valence-electron chi connectivity index (χ3n) is 2.40.